The first kappa shape index (κ1) is 21.4. The summed E-state index contributed by atoms with van der Waals surface area (Å²) in [6.45, 7) is 0. The third kappa shape index (κ3) is 4.16. The van der Waals surface area contributed by atoms with E-state index in [2.05, 4.69) is 5.32 Å². The number of rotatable bonds is 4. The molecule has 0 saturated heterocycles. The quantitative estimate of drug-likeness (QED) is 0.585. The van der Waals surface area contributed by atoms with Gasteiger partial charge in [-0.3, -0.25) is 0 Å². The molecule has 0 unspecified atom stereocenters. The van der Waals surface area contributed by atoms with Crippen LogP contribution in [0.2, 0.25) is 0 Å². The molecule has 0 bridgehead atoms. The first-order valence-corrected chi connectivity index (χ1v) is 9.17. The Labute approximate surface area is 172 Å². The maximum Gasteiger partial charge on any atom is 0.416 e. The Kier molecular flexibility index (Phi) is 5.85. The Bertz CT molecular complexity index is 980. The van der Waals surface area contributed by atoms with Crippen molar-refractivity contribution < 1.29 is 23.1 Å². The van der Waals surface area contributed by atoms with E-state index in [1.54, 1.807) is 60.7 Å². The lowest BCUT2D eigenvalue weighted by Crippen LogP contribution is -2.33. The molecule has 0 aliphatic heterocycles. The van der Waals surface area contributed by atoms with Crippen LogP contribution in [0.4, 0.5) is 23.7 Å². The molecular formula is C23H21F3N2O2. The van der Waals surface area contributed by atoms with Gasteiger partial charge in [-0.1, -0.05) is 60.7 Å². The predicted octanol–water partition coefficient (Wildman–Crippen LogP) is 5.08. The molecular weight excluding hydrogens is 393 g/mol. The Morgan fingerprint density at radius 1 is 0.833 bits per heavy atom. The minimum Gasteiger partial charge on any atom is -0.376 e. The van der Waals surface area contributed by atoms with Crippen LogP contribution in [0.1, 0.15) is 22.3 Å². The minimum absolute atomic E-state index is 0.0788. The van der Waals surface area contributed by atoms with Crippen LogP contribution in [0.15, 0.2) is 78.9 Å². The highest BCUT2D eigenvalue weighted by atomic mass is 19.4. The lowest BCUT2D eigenvalue weighted by molar-refractivity contribution is -0.137. The maximum absolute atomic E-state index is 13.5. The zero-order chi connectivity index (χ0) is 21.9. The number of alkyl halides is 3. The van der Waals surface area contributed by atoms with Crippen molar-refractivity contribution in [2.24, 2.45) is 0 Å². The summed E-state index contributed by atoms with van der Waals surface area (Å²) in [6.07, 6.45) is -4.62. The number of amides is 2. The van der Waals surface area contributed by atoms with E-state index in [0.29, 0.717) is 11.1 Å². The molecule has 3 aromatic carbocycles. The number of aliphatic hydroxyl groups is 1. The average molecular weight is 414 g/mol. The molecule has 0 radical (unpaired) electrons. The van der Waals surface area contributed by atoms with E-state index < -0.39 is 23.4 Å². The SMILES string of the molecule is CN(C)C(=O)Nc1ccc(C(F)(F)F)cc1C(O)(c1ccccc1)c1ccccc1. The van der Waals surface area contributed by atoms with Crippen LogP contribution in [0.5, 0.6) is 0 Å². The van der Waals surface area contributed by atoms with Crippen molar-refractivity contribution in [2.75, 3.05) is 19.4 Å². The highest BCUT2D eigenvalue weighted by Crippen LogP contribution is 2.42. The lowest BCUT2D eigenvalue weighted by atomic mass is 9.79. The highest BCUT2D eigenvalue weighted by molar-refractivity contribution is 5.90. The van der Waals surface area contributed by atoms with Gasteiger partial charge < -0.3 is 15.3 Å². The second-order valence-electron chi connectivity index (χ2n) is 7.03. The van der Waals surface area contributed by atoms with E-state index in [9.17, 15) is 23.1 Å². The predicted molar refractivity (Wildman–Crippen MR) is 109 cm³/mol. The molecule has 0 heterocycles. The van der Waals surface area contributed by atoms with E-state index in [0.717, 1.165) is 18.2 Å². The van der Waals surface area contributed by atoms with Crippen LogP contribution < -0.4 is 5.32 Å². The van der Waals surface area contributed by atoms with Gasteiger partial charge in [0.05, 0.1) is 5.56 Å². The van der Waals surface area contributed by atoms with Gasteiger partial charge in [-0.2, -0.15) is 13.2 Å². The number of carbonyl (C=O) groups is 1. The van der Waals surface area contributed by atoms with E-state index in [-0.39, 0.29) is 11.3 Å². The Morgan fingerprint density at radius 3 is 1.77 bits per heavy atom. The molecule has 0 aromatic heterocycles. The van der Waals surface area contributed by atoms with Crippen LogP contribution in [-0.2, 0) is 11.8 Å². The Hall–Kier alpha value is -3.32. The Balaban J connectivity index is 2.32. The molecule has 2 N–H and O–H groups in total. The molecule has 0 aliphatic carbocycles. The molecule has 3 rings (SSSR count). The molecule has 2 amide bonds. The zero-order valence-corrected chi connectivity index (χ0v) is 16.4. The van der Waals surface area contributed by atoms with Crippen LogP contribution in [0.25, 0.3) is 0 Å². The van der Waals surface area contributed by atoms with Gasteiger partial charge in [-0.25, -0.2) is 4.79 Å². The maximum atomic E-state index is 13.5. The van der Waals surface area contributed by atoms with Crippen LogP contribution in [-0.4, -0.2) is 30.1 Å². The summed E-state index contributed by atoms with van der Waals surface area (Å²) in [5.74, 6) is 0. The number of benzene rings is 3. The fourth-order valence-corrected chi connectivity index (χ4v) is 3.19. The highest BCUT2D eigenvalue weighted by Gasteiger charge is 2.39. The molecule has 7 heteroatoms. The summed E-state index contributed by atoms with van der Waals surface area (Å²) in [7, 11) is 3.03. The van der Waals surface area contributed by atoms with E-state index in [4.69, 9.17) is 0 Å². The third-order valence-corrected chi connectivity index (χ3v) is 4.77. The fraction of sp³-hybridized carbons (Fsp3) is 0.174. The summed E-state index contributed by atoms with van der Waals surface area (Å²) in [5.41, 5.74) is -2.11. The van der Waals surface area contributed by atoms with Crippen molar-refractivity contribution in [1.29, 1.82) is 0 Å². The molecule has 0 spiro atoms. The van der Waals surface area contributed by atoms with Crippen LogP contribution >= 0.6 is 0 Å². The number of halogens is 3. The molecule has 0 aliphatic rings. The second kappa shape index (κ2) is 8.20. The summed E-state index contributed by atoms with van der Waals surface area (Å²) in [6, 6.07) is 19.2. The first-order chi connectivity index (χ1) is 14.1. The van der Waals surface area contributed by atoms with Crippen LogP contribution in [0, 0.1) is 0 Å². The van der Waals surface area contributed by atoms with Crippen molar-refractivity contribution in [3.63, 3.8) is 0 Å². The number of urea groups is 1. The average Bonchev–Trinajstić information content (AvgIpc) is 2.73. The summed E-state index contributed by atoms with van der Waals surface area (Å²) < 4.78 is 40.5. The molecule has 3 aromatic rings. The third-order valence-electron chi connectivity index (χ3n) is 4.77. The van der Waals surface area contributed by atoms with Gasteiger partial charge in [0.15, 0.2) is 0 Å². The van der Waals surface area contributed by atoms with Gasteiger partial charge in [0.1, 0.15) is 5.60 Å². The number of carbonyl (C=O) groups excluding carboxylic acids is 1. The van der Waals surface area contributed by atoms with E-state index >= 15 is 0 Å². The number of nitrogens with zero attached hydrogens (tertiary/aromatic N) is 1. The van der Waals surface area contributed by atoms with Gasteiger partial charge in [-0.05, 0) is 29.3 Å². The first-order valence-electron chi connectivity index (χ1n) is 9.17. The number of anilines is 1. The standard InChI is InChI=1S/C23H21F3N2O2/c1-28(2)21(29)27-20-14-13-18(23(24,25)26)15-19(20)22(30,16-9-5-3-6-10-16)17-11-7-4-8-12-17/h3-15,30H,1-2H3,(H,27,29). The normalized spacial score (nSPS) is 11.8. The monoisotopic (exact) mass is 414 g/mol. The van der Waals surface area contributed by atoms with Gasteiger partial charge in [0.2, 0.25) is 0 Å². The molecule has 0 saturated carbocycles. The zero-order valence-electron chi connectivity index (χ0n) is 16.4. The van der Waals surface area contributed by atoms with E-state index in [1.165, 1.54) is 19.0 Å². The van der Waals surface area contributed by atoms with Crippen LogP contribution in [0.3, 0.4) is 0 Å². The molecule has 156 valence electrons. The Morgan fingerprint density at radius 2 is 1.33 bits per heavy atom. The van der Waals surface area contributed by atoms with Gasteiger partial charge in [0, 0.05) is 25.3 Å². The molecule has 0 fully saturated rings. The summed E-state index contributed by atoms with van der Waals surface area (Å²) in [5, 5.41) is 14.5. The second-order valence-corrected chi connectivity index (χ2v) is 7.03. The largest absolute Gasteiger partial charge is 0.416 e. The van der Waals surface area contributed by atoms with Gasteiger partial charge >= 0.3 is 12.2 Å². The topological polar surface area (TPSA) is 52.6 Å². The number of hydrogen-bond donors (Lipinski definition) is 2. The minimum atomic E-state index is -4.62. The fourth-order valence-electron chi connectivity index (χ4n) is 3.19. The van der Waals surface area contributed by atoms with Gasteiger partial charge in [-0.15, -0.1) is 0 Å². The van der Waals surface area contributed by atoms with Crippen molar-refractivity contribution in [1.82, 2.24) is 4.90 Å². The lowest BCUT2D eigenvalue weighted by Gasteiger charge is -2.32. The smallest absolute Gasteiger partial charge is 0.376 e. The number of hydrogen-bond acceptors (Lipinski definition) is 2. The number of nitrogens with one attached hydrogen (secondary N) is 1. The van der Waals surface area contributed by atoms with Crippen molar-refractivity contribution in [2.45, 2.75) is 11.8 Å². The molecule has 4 nitrogen and oxygen atoms in total. The molecule has 30 heavy (non-hydrogen) atoms. The molecule has 0 atom stereocenters. The summed E-state index contributed by atoms with van der Waals surface area (Å²) in [4.78, 5) is 13.5. The summed E-state index contributed by atoms with van der Waals surface area (Å²) >= 11 is 0. The van der Waals surface area contributed by atoms with Crippen molar-refractivity contribution in [3.05, 3.63) is 101 Å². The van der Waals surface area contributed by atoms with Crippen molar-refractivity contribution in [3.8, 4) is 0 Å². The van der Waals surface area contributed by atoms with Crippen molar-refractivity contribution >= 4 is 11.7 Å². The van der Waals surface area contributed by atoms with E-state index in [1.807, 2.05) is 0 Å². The van der Waals surface area contributed by atoms with Gasteiger partial charge in [0.25, 0.3) is 0 Å².